The van der Waals surface area contributed by atoms with Crippen molar-refractivity contribution >= 4 is 5.96 Å². The zero-order valence-corrected chi connectivity index (χ0v) is 13.3. The summed E-state index contributed by atoms with van der Waals surface area (Å²) in [7, 11) is 1.79. The van der Waals surface area contributed by atoms with Crippen molar-refractivity contribution in [3.8, 4) is 0 Å². The number of hydrogen-bond acceptors (Lipinski definition) is 2. The molecule has 0 spiro atoms. The average molecular weight is 296 g/mol. The number of pyridine rings is 1. The molecule has 0 aliphatic rings. The van der Waals surface area contributed by atoms with Gasteiger partial charge in [-0.15, -0.1) is 0 Å². The number of guanidine groups is 1. The van der Waals surface area contributed by atoms with Gasteiger partial charge in [0.2, 0.25) is 0 Å². The molecule has 1 aromatic heterocycles. The fraction of sp³-hybridized carbons (Fsp3) is 0.333. The van der Waals surface area contributed by atoms with Gasteiger partial charge in [-0.25, -0.2) is 0 Å². The third-order valence-corrected chi connectivity index (χ3v) is 3.48. The van der Waals surface area contributed by atoms with E-state index < -0.39 is 0 Å². The Morgan fingerprint density at radius 2 is 1.91 bits per heavy atom. The number of aromatic nitrogens is 1. The third kappa shape index (κ3) is 5.56. The van der Waals surface area contributed by atoms with Crippen molar-refractivity contribution in [3.05, 3.63) is 66.0 Å². The van der Waals surface area contributed by atoms with Gasteiger partial charge in [-0.05, 0) is 37.5 Å². The van der Waals surface area contributed by atoms with Crippen LogP contribution in [0.4, 0.5) is 0 Å². The van der Waals surface area contributed by atoms with Crippen molar-refractivity contribution in [1.82, 2.24) is 15.6 Å². The molecule has 1 aromatic carbocycles. The van der Waals surface area contributed by atoms with E-state index in [1.807, 2.05) is 18.2 Å². The van der Waals surface area contributed by atoms with E-state index in [-0.39, 0.29) is 0 Å². The van der Waals surface area contributed by atoms with Gasteiger partial charge >= 0.3 is 0 Å². The van der Waals surface area contributed by atoms with Crippen LogP contribution in [0.2, 0.25) is 0 Å². The third-order valence-electron chi connectivity index (χ3n) is 3.48. The number of benzene rings is 1. The average Bonchev–Trinajstić information content (AvgIpc) is 2.58. The molecule has 4 nitrogen and oxygen atoms in total. The van der Waals surface area contributed by atoms with E-state index in [0.717, 1.165) is 24.5 Å². The molecule has 2 rings (SSSR count). The van der Waals surface area contributed by atoms with Crippen molar-refractivity contribution in [2.24, 2.45) is 4.99 Å². The highest BCUT2D eigenvalue weighted by Gasteiger charge is 2.05. The first-order valence-corrected chi connectivity index (χ1v) is 7.69. The zero-order valence-electron chi connectivity index (χ0n) is 13.3. The smallest absolute Gasteiger partial charge is 0.191 e. The van der Waals surface area contributed by atoms with E-state index in [1.54, 1.807) is 13.2 Å². The number of nitrogens with one attached hydrogen (secondary N) is 2. The van der Waals surface area contributed by atoms with E-state index in [4.69, 9.17) is 0 Å². The van der Waals surface area contributed by atoms with E-state index in [9.17, 15) is 0 Å². The predicted molar refractivity (Wildman–Crippen MR) is 91.8 cm³/mol. The van der Waals surface area contributed by atoms with Crippen LogP contribution in [0.1, 0.15) is 24.6 Å². The summed E-state index contributed by atoms with van der Waals surface area (Å²) in [5.41, 5.74) is 2.37. The summed E-state index contributed by atoms with van der Waals surface area (Å²) < 4.78 is 0. The Bertz CT molecular complexity index is 566. The van der Waals surface area contributed by atoms with E-state index in [0.29, 0.717) is 12.6 Å². The molecule has 1 heterocycles. The van der Waals surface area contributed by atoms with Crippen molar-refractivity contribution in [1.29, 1.82) is 0 Å². The van der Waals surface area contributed by atoms with Gasteiger partial charge < -0.3 is 10.6 Å². The Morgan fingerprint density at radius 3 is 2.59 bits per heavy atom. The van der Waals surface area contributed by atoms with Crippen LogP contribution < -0.4 is 10.6 Å². The van der Waals surface area contributed by atoms with Crippen molar-refractivity contribution in [2.45, 2.75) is 32.4 Å². The molecular formula is C18H24N4. The zero-order chi connectivity index (χ0) is 15.6. The second-order valence-electron chi connectivity index (χ2n) is 5.32. The van der Waals surface area contributed by atoms with Gasteiger partial charge in [-0.3, -0.25) is 9.98 Å². The number of hydrogen-bond donors (Lipinski definition) is 2. The molecule has 2 N–H and O–H groups in total. The quantitative estimate of drug-likeness (QED) is 0.636. The summed E-state index contributed by atoms with van der Waals surface area (Å²) in [5.74, 6) is 0.811. The fourth-order valence-electron chi connectivity index (χ4n) is 2.21. The molecule has 0 amide bonds. The van der Waals surface area contributed by atoms with Crippen LogP contribution in [0.3, 0.4) is 0 Å². The molecule has 22 heavy (non-hydrogen) atoms. The molecule has 1 atom stereocenters. The Hall–Kier alpha value is -2.36. The molecule has 0 aliphatic carbocycles. The van der Waals surface area contributed by atoms with Crippen molar-refractivity contribution in [2.75, 3.05) is 7.05 Å². The van der Waals surface area contributed by atoms with Crippen LogP contribution in [0.5, 0.6) is 0 Å². The molecular weight excluding hydrogens is 272 g/mol. The Morgan fingerprint density at radius 1 is 1.14 bits per heavy atom. The molecule has 0 radical (unpaired) electrons. The van der Waals surface area contributed by atoms with E-state index in [1.165, 1.54) is 5.56 Å². The standard InChI is InChI=1S/C18H24N4/c1-15(11-12-16-8-4-3-5-9-16)22-18(19-2)21-14-17-10-6-7-13-20-17/h3-10,13,15H,11-12,14H2,1-2H3,(H2,19,21,22). The van der Waals surface area contributed by atoms with E-state index in [2.05, 4.69) is 57.9 Å². The van der Waals surface area contributed by atoms with Gasteiger partial charge in [-0.2, -0.15) is 0 Å². The summed E-state index contributed by atoms with van der Waals surface area (Å²) in [6, 6.07) is 16.8. The maximum absolute atomic E-state index is 4.29. The number of aliphatic imine (C=N–C) groups is 1. The molecule has 116 valence electrons. The minimum atomic E-state index is 0.357. The van der Waals surface area contributed by atoms with Crippen molar-refractivity contribution < 1.29 is 0 Å². The van der Waals surface area contributed by atoms with E-state index >= 15 is 0 Å². The van der Waals surface area contributed by atoms with Crippen LogP contribution >= 0.6 is 0 Å². The first-order chi connectivity index (χ1) is 10.8. The summed E-state index contributed by atoms with van der Waals surface area (Å²) in [5, 5.41) is 6.71. The minimum Gasteiger partial charge on any atom is -0.354 e. The number of nitrogens with zero attached hydrogens (tertiary/aromatic N) is 2. The highest BCUT2D eigenvalue weighted by atomic mass is 15.2. The van der Waals surface area contributed by atoms with Crippen molar-refractivity contribution in [3.63, 3.8) is 0 Å². The first kappa shape index (κ1) is 16.0. The van der Waals surface area contributed by atoms with Gasteiger partial charge in [0.1, 0.15) is 0 Å². The van der Waals surface area contributed by atoms with Gasteiger partial charge in [0.05, 0.1) is 12.2 Å². The topological polar surface area (TPSA) is 49.3 Å². The maximum atomic E-state index is 4.29. The van der Waals surface area contributed by atoms with Crippen LogP contribution in [-0.4, -0.2) is 24.0 Å². The van der Waals surface area contributed by atoms with Gasteiger partial charge in [-0.1, -0.05) is 36.4 Å². The second-order valence-corrected chi connectivity index (χ2v) is 5.32. The normalized spacial score (nSPS) is 12.7. The Balaban J connectivity index is 1.75. The summed E-state index contributed by atoms with van der Waals surface area (Å²) in [4.78, 5) is 8.56. The fourth-order valence-corrected chi connectivity index (χ4v) is 2.21. The maximum Gasteiger partial charge on any atom is 0.191 e. The minimum absolute atomic E-state index is 0.357. The largest absolute Gasteiger partial charge is 0.354 e. The lowest BCUT2D eigenvalue weighted by molar-refractivity contribution is 0.592. The summed E-state index contributed by atoms with van der Waals surface area (Å²) in [6.45, 7) is 2.85. The molecule has 0 fully saturated rings. The molecule has 1 unspecified atom stereocenters. The molecule has 2 aromatic rings. The lowest BCUT2D eigenvalue weighted by Gasteiger charge is -2.17. The molecule has 0 saturated heterocycles. The summed E-state index contributed by atoms with van der Waals surface area (Å²) in [6.07, 6.45) is 3.93. The molecule has 0 aliphatic heterocycles. The summed E-state index contributed by atoms with van der Waals surface area (Å²) >= 11 is 0. The second kappa shape index (κ2) is 8.82. The SMILES string of the molecule is CN=C(NCc1ccccn1)NC(C)CCc1ccccc1. The monoisotopic (exact) mass is 296 g/mol. The van der Waals surface area contributed by atoms with Gasteiger partial charge in [0.25, 0.3) is 0 Å². The molecule has 4 heteroatoms. The number of rotatable bonds is 6. The highest BCUT2D eigenvalue weighted by molar-refractivity contribution is 5.79. The van der Waals surface area contributed by atoms with Crippen LogP contribution in [0.25, 0.3) is 0 Å². The molecule has 0 bridgehead atoms. The van der Waals surface area contributed by atoms with Crippen LogP contribution in [-0.2, 0) is 13.0 Å². The van der Waals surface area contributed by atoms with Gasteiger partial charge in [0.15, 0.2) is 5.96 Å². The lowest BCUT2D eigenvalue weighted by atomic mass is 10.1. The Labute approximate surface area is 132 Å². The van der Waals surface area contributed by atoms with Gasteiger partial charge in [0, 0.05) is 19.3 Å². The Kier molecular flexibility index (Phi) is 6.42. The first-order valence-electron chi connectivity index (χ1n) is 7.69. The van der Waals surface area contributed by atoms with Crippen LogP contribution in [0.15, 0.2) is 59.7 Å². The highest BCUT2D eigenvalue weighted by Crippen LogP contribution is 2.04. The predicted octanol–water partition coefficient (Wildman–Crippen LogP) is 2.77. The number of aryl methyl sites for hydroxylation is 1. The molecule has 0 saturated carbocycles. The van der Waals surface area contributed by atoms with Crippen LogP contribution in [0, 0.1) is 0 Å². The lowest BCUT2D eigenvalue weighted by Crippen LogP contribution is -2.42.